The van der Waals surface area contributed by atoms with Gasteiger partial charge in [0.2, 0.25) is 0 Å². The molecule has 19 heavy (non-hydrogen) atoms. The summed E-state index contributed by atoms with van der Waals surface area (Å²) in [7, 11) is 0. The quantitative estimate of drug-likeness (QED) is 0.670. The summed E-state index contributed by atoms with van der Waals surface area (Å²) in [4.78, 5) is 10.7. The molecule has 0 saturated carbocycles. The minimum Gasteiger partial charge on any atom is -0.313 e. The first-order valence-electron chi connectivity index (χ1n) is 6.36. The van der Waals surface area contributed by atoms with Crippen LogP contribution in [0.1, 0.15) is 12.5 Å². The van der Waals surface area contributed by atoms with Crippen molar-refractivity contribution in [1.82, 2.24) is 5.32 Å². The molecule has 104 valence electrons. The lowest BCUT2D eigenvalue weighted by atomic mass is 9.94. The molecule has 1 aliphatic heterocycles. The van der Waals surface area contributed by atoms with Crippen molar-refractivity contribution in [2.45, 2.75) is 19.4 Å². The number of nitro benzene ring substituents is 1. The number of nitro groups is 1. The third-order valence-corrected chi connectivity index (χ3v) is 5.03. The van der Waals surface area contributed by atoms with Gasteiger partial charge in [0.25, 0.3) is 5.69 Å². The number of hydrogen-bond acceptors (Lipinski definition) is 4. The number of halogens is 1. The van der Waals surface area contributed by atoms with Gasteiger partial charge in [-0.25, -0.2) is 0 Å². The summed E-state index contributed by atoms with van der Waals surface area (Å²) in [6.07, 6.45) is 0.667. The third-order valence-electron chi connectivity index (χ3n) is 3.42. The first-order chi connectivity index (χ1) is 9.13. The summed E-state index contributed by atoms with van der Waals surface area (Å²) in [6.45, 7) is 3.00. The van der Waals surface area contributed by atoms with Crippen molar-refractivity contribution in [1.29, 1.82) is 0 Å². The molecule has 1 fully saturated rings. The van der Waals surface area contributed by atoms with Crippen LogP contribution < -0.4 is 5.32 Å². The molecule has 0 spiro atoms. The lowest BCUT2D eigenvalue weighted by Gasteiger charge is -2.19. The van der Waals surface area contributed by atoms with Gasteiger partial charge in [0.15, 0.2) is 0 Å². The van der Waals surface area contributed by atoms with Crippen LogP contribution in [0.25, 0.3) is 0 Å². The Hall–Kier alpha value is -0.780. The number of hydrogen-bond donors (Lipinski definition) is 1. The van der Waals surface area contributed by atoms with E-state index >= 15 is 0 Å². The van der Waals surface area contributed by atoms with Crippen molar-refractivity contribution in [2.75, 3.05) is 18.1 Å². The molecule has 2 atom stereocenters. The van der Waals surface area contributed by atoms with E-state index in [0.29, 0.717) is 29.0 Å². The molecule has 1 saturated heterocycles. The fourth-order valence-electron chi connectivity index (χ4n) is 2.47. The third kappa shape index (κ3) is 3.41. The number of nitrogens with zero attached hydrogens (tertiary/aromatic N) is 1. The van der Waals surface area contributed by atoms with E-state index in [1.807, 2.05) is 11.8 Å². The van der Waals surface area contributed by atoms with Crippen LogP contribution in [-0.2, 0) is 6.42 Å². The second-order valence-electron chi connectivity index (χ2n) is 4.66. The lowest BCUT2D eigenvalue weighted by Crippen LogP contribution is -2.36. The van der Waals surface area contributed by atoms with E-state index in [4.69, 9.17) is 11.6 Å². The van der Waals surface area contributed by atoms with Gasteiger partial charge in [-0.2, -0.15) is 11.8 Å². The molecule has 0 bridgehead atoms. The smallest absolute Gasteiger partial charge is 0.274 e. The summed E-state index contributed by atoms with van der Waals surface area (Å²) in [5, 5.41) is 15.0. The molecule has 4 nitrogen and oxygen atoms in total. The Labute approximate surface area is 122 Å². The second kappa shape index (κ2) is 6.59. The van der Waals surface area contributed by atoms with Crippen LogP contribution >= 0.6 is 23.4 Å². The highest BCUT2D eigenvalue weighted by atomic mass is 35.5. The predicted molar refractivity (Wildman–Crippen MR) is 80.1 cm³/mol. The Morgan fingerprint density at radius 1 is 1.53 bits per heavy atom. The summed E-state index contributed by atoms with van der Waals surface area (Å²) < 4.78 is 0. The van der Waals surface area contributed by atoms with E-state index in [-0.39, 0.29) is 10.6 Å². The maximum absolute atomic E-state index is 11.1. The molecule has 1 aromatic rings. The van der Waals surface area contributed by atoms with Gasteiger partial charge in [0.1, 0.15) is 0 Å². The Morgan fingerprint density at radius 3 is 3.00 bits per heavy atom. The van der Waals surface area contributed by atoms with Crippen molar-refractivity contribution in [2.24, 2.45) is 5.92 Å². The van der Waals surface area contributed by atoms with Crippen molar-refractivity contribution in [3.63, 3.8) is 0 Å². The fraction of sp³-hybridized carbons (Fsp3) is 0.538. The largest absolute Gasteiger partial charge is 0.313 e. The molecule has 2 rings (SSSR count). The van der Waals surface area contributed by atoms with Crippen molar-refractivity contribution in [3.8, 4) is 0 Å². The average Bonchev–Trinajstić information content (AvgIpc) is 2.79. The average molecular weight is 301 g/mol. The van der Waals surface area contributed by atoms with Gasteiger partial charge in [-0.05, 0) is 30.7 Å². The Bertz CT molecular complexity index is 470. The lowest BCUT2D eigenvalue weighted by molar-refractivity contribution is -0.385. The zero-order chi connectivity index (χ0) is 13.8. The highest BCUT2D eigenvalue weighted by Gasteiger charge is 2.30. The van der Waals surface area contributed by atoms with Crippen LogP contribution in [-0.4, -0.2) is 29.0 Å². The molecular formula is C13H17ClN2O2S. The maximum atomic E-state index is 11.1. The van der Waals surface area contributed by atoms with E-state index in [2.05, 4.69) is 12.2 Å². The van der Waals surface area contributed by atoms with Crippen molar-refractivity contribution >= 4 is 29.1 Å². The number of benzene rings is 1. The van der Waals surface area contributed by atoms with Crippen LogP contribution in [0.5, 0.6) is 0 Å². The predicted octanol–water partition coefficient (Wildman–Crippen LogP) is 3.13. The van der Waals surface area contributed by atoms with E-state index in [1.54, 1.807) is 12.1 Å². The number of rotatable bonds is 5. The van der Waals surface area contributed by atoms with Crippen LogP contribution in [0.4, 0.5) is 5.69 Å². The molecule has 1 aliphatic rings. The van der Waals surface area contributed by atoms with Gasteiger partial charge >= 0.3 is 0 Å². The van der Waals surface area contributed by atoms with Crippen LogP contribution in [0.15, 0.2) is 18.2 Å². The van der Waals surface area contributed by atoms with Gasteiger partial charge in [0.05, 0.1) is 9.95 Å². The van der Waals surface area contributed by atoms with Crippen LogP contribution in [0.3, 0.4) is 0 Å². The summed E-state index contributed by atoms with van der Waals surface area (Å²) in [5.41, 5.74) is 0.809. The first kappa shape index (κ1) is 14.6. The van der Waals surface area contributed by atoms with E-state index in [0.717, 1.165) is 18.1 Å². The van der Waals surface area contributed by atoms with Gasteiger partial charge in [-0.15, -0.1) is 0 Å². The van der Waals surface area contributed by atoms with E-state index < -0.39 is 0 Å². The minimum absolute atomic E-state index is 0.139. The zero-order valence-corrected chi connectivity index (χ0v) is 12.3. The molecule has 0 aliphatic carbocycles. The maximum Gasteiger partial charge on any atom is 0.274 e. The minimum atomic E-state index is -0.342. The first-order valence-corrected chi connectivity index (χ1v) is 7.89. The molecule has 1 N–H and O–H groups in total. The van der Waals surface area contributed by atoms with Gasteiger partial charge in [-0.1, -0.05) is 24.6 Å². The molecule has 0 radical (unpaired) electrons. The second-order valence-corrected chi connectivity index (χ2v) is 6.14. The fourth-order valence-corrected chi connectivity index (χ4v) is 4.15. The van der Waals surface area contributed by atoms with Gasteiger partial charge in [-0.3, -0.25) is 10.1 Å². The monoisotopic (exact) mass is 300 g/mol. The SMILES string of the molecule is CCNC1CSCC1Cc1c(Cl)cccc1[N+](=O)[O-]. The summed E-state index contributed by atoms with van der Waals surface area (Å²) in [6, 6.07) is 5.32. The molecule has 1 heterocycles. The normalized spacial score (nSPS) is 22.6. The van der Waals surface area contributed by atoms with Gasteiger partial charge < -0.3 is 5.32 Å². The Kier molecular flexibility index (Phi) is 5.07. The summed E-state index contributed by atoms with van der Waals surface area (Å²) >= 11 is 8.04. The van der Waals surface area contributed by atoms with E-state index in [1.165, 1.54) is 6.07 Å². The molecule has 0 aromatic heterocycles. The van der Waals surface area contributed by atoms with Crippen molar-refractivity contribution < 1.29 is 4.92 Å². The molecule has 2 unspecified atom stereocenters. The molecule has 0 amide bonds. The highest BCUT2D eigenvalue weighted by Crippen LogP contribution is 2.33. The van der Waals surface area contributed by atoms with Crippen molar-refractivity contribution in [3.05, 3.63) is 38.9 Å². The molecule has 6 heteroatoms. The zero-order valence-electron chi connectivity index (χ0n) is 10.8. The molecule has 1 aromatic carbocycles. The highest BCUT2D eigenvalue weighted by molar-refractivity contribution is 7.99. The standard InChI is InChI=1S/C13H17ClN2O2S/c1-2-15-12-8-19-7-9(12)6-10-11(14)4-3-5-13(10)16(17)18/h3-5,9,12,15H,2,6-8H2,1H3. The Balaban J connectivity index is 2.20. The van der Waals surface area contributed by atoms with E-state index in [9.17, 15) is 10.1 Å². The number of nitrogens with one attached hydrogen (secondary N) is 1. The topological polar surface area (TPSA) is 55.2 Å². The van der Waals surface area contributed by atoms with Crippen LogP contribution in [0, 0.1) is 16.0 Å². The van der Waals surface area contributed by atoms with Gasteiger partial charge in [0, 0.05) is 23.4 Å². The van der Waals surface area contributed by atoms with Crippen LogP contribution in [0.2, 0.25) is 5.02 Å². The summed E-state index contributed by atoms with van der Waals surface area (Å²) in [5.74, 6) is 2.50. The number of thioether (sulfide) groups is 1. The molecular weight excluding hydrogens is 284 g/mol. The Morgan fingerprint density at radius 2 is 2.32 bits per heavy atom.